The van der Waals surface area contributed by atoms with Gasteiger partial charge in [0.25, 0.3) is 0 Å². The van der Waals surface area contributed by atoms with E-state index in [1.54, 1.807) is 18.2 Å². The molecule has 1 atom stereocenters. The Morgan fingerprint density at radius 2 is 2.17 bits per heavy atom. The third-order valence-corrected chi connectivity index (χ3v) is 2.68. The Bertz CT molecular complexity index is 309. The van der Waals surface area contributed by atoms with Crippen LogP contribution >= 0.6 is 23.3 Å². The van der Waals surface area contributed by atoms with Gasteiger partial charge in [-0.2, -0.15) is 0 Å². The summed E-state index contributed by atoms with van der Waals surface area (Å²) < 4.78 is 10.8. The summed E-state index contributed by atoms with van der Waals surface area (Å²) in [7, 11) is 3.75. The van der Waals surface area contributed by atoms with Gasteiger partial charge in [-0.15, -0.1) is 12.6 Å². The van der Waals surface area contributed by atoms with Gasteiger partial charge in [-0.05, 0) is 22.8 Å². The lowest BCUT2D eigenvalue weighted by Gasteiger charge is -1.96. The van der Waals surface area contributed by atoms with Crippen molar-refractivity contribution in [2.24, 2.45) is 0 Å². The van der Waals surface area contributed by atoms with Crippen LogP contribution in [0.2, 0.25) is 0 Å². The SMILES string of the molecule is O=C(S)c1cccc(S(=O)Cl)c1. The number of halogens is 1. The molecule has 0 aliphatic carbocycles. The van der Waals surface area contributed by atoms with E-state index in [9.17, 15) is 9.00 Å². The predicted molar refractivity (Wildman–Crippen MR) is 52.0 cm³/mol. The van der Waals surface area contributed by atoms with Crippen LogP contribution in [0.4, 0.5) is 0 Å². The van der Waals surface area contributed by atoms with Crippen LogP contribution in [0.25, 0.3) is 0 Å². The van der Waals surface area contributed by atoms with Crippen LogP contribution in [0, 0.1) is 0 Å². The van der Waals surface area contributed by atoms with Gasteiger partial charge < -0.3 is 0 Å². The average Bonchev–Trinajstić information content (AvgIpc) is 2.04. The van der Waals surface area contributed by atoms with Crippen LogP contribution in [-0.2, 0) is 10.0 Å². The maximum Gasteiger partial charge on any atom is 0.216 e. The number of rotatable bonds is 2. The van der Waals surface area contributed by atoms with E-state index in [0.717, 1.165) is 0 Å². The maximum absolute atomic E-state index is 10.8. The highest BCUT2D eigenvalue weighted by molar-refractivity contribution is 8.08. The van der Waals surface area contributed by atoms with Gasteiger partial charge in [-0.25, -0.2) is 4.21 Å². The molecule has 0 radical (unpaired) electrons. The van der Waals surface area contributed by atoms with E-state index in [1.165, 1.54) is 6.07 Å². The van der Waals surface area contributed by atoms with Crippen molar-refractivity contribution in [1.29, 1.82) is 0 Å². The van der Waals surface area contributed by atoms with Gasteiger partial charge in [0.1, 0.15) is 10.0 Å². The van der Waals surface area contributed by atoms with Crippen LogP contribution in [0.5, 0.6) is 0 Å². The number of carbonyl (C=O) groups is 1. The zero-order valence-corrected chi connectivity index (χ0v) is 8.33. The van der Waals surface area contributed by atoms with Crippen LogP contribution in [0.1, 0.15) is 10.4 Å². The second-order valence-electron chi connectivity index (χ2n) is 2.06. The molecule has 1 rings (SSSR count). The number of hydrogen-bond acceptors (Lipinski definition) is 2. The van der Waals surface area contributed by atoms with E-state index in [-0.39, 0.29) is 5.12 Å². The van der Waals surface area contributed by atoms with E-state index >= 15 is 0 Å². The Morgan fingerprint density at radius 3 is 2.67 bits per heavy atom. The first-order valence-electron chi connectivity index (χ1n) is 3.02. The Balaban J connectivity index is 3.12. The molecule has 0 amide bonds. The molecule has 0 bridgehead atoms. The zero-order chi connectivity index (χ0) is 9.14. The molecule has 0 saturated heterocycles. The molecule has 1 aromatic carbocycles. The molecule has 0 saturated carbocycles. The molecule has 1 unspecified atom stereocenters. The molecule has 2 nitrogen and oxygen atoms in total. The summed E-state index contributed by atoms with van der Waals surface area (Å²) in [6, 6.07) is 6.24. The van der Waals surface area contributed by atoms with Gasteiger partial charge in [0, 0.05) is 5.56 Å². The quantitative estimate of drug-likeness (QED) is 0.611. The van der Waals surface area contributed by atoms with E-state index < -0.39 is 10.0 Å². The molecular weight excluding hydrogens is 216 g/mol. The van der Waals surface area contributed by atoms with Gasteiger partial charge in [0.15, 0.2) is 0 Å². The molecule has 0 aromatic heterocycles. The lowest BCUT2D eigenvalue weighted by Crippen LogP contribution is -1.90. The number of carbonyl (C=O) groups excluding carboxylic acids is 1. The summed E-state index contributed by atoms with van der Waals surface area (Å²) in [6.45, 7) is 0. The topological polar surface area (TPSA) is 34.1 Å². The molecule has 0 aliphatic heterocycles. The zero-order valence-electron chi connectivity index (χ0n) is 5.86. The van der Waals surface area contributed by atoms with E-state index in [2.05, 4.69) is 12.6 Å². The number of thiol groups is 1. The van der Waals surface area contributed by atoms with Crippen molar-refractivity contribution in [1.82, 2.24) is 0 Å². The number of benzene rings is 1. The summed E-state index contributed by atoms with van der Waals surface area (Å²) in [5.41, 5.74) is 0.393. The standard InChI is InChI=1S/C7H5ClO2S2/c8-12(10)6-3-1-2-5(4-6)7(9)11/h1-4H,(H,9,11). The highest BCUT2D eigenvalue weighted by Gasteiger charge is 2.03. The first-order valence-corrected chi connectivity index (χ1v) is 5.45. The highest BCUT2D eigenvalue weighted by Crippen LogP contribution is 2.13. The van der Waals surface area contributed by atoms with Crippen LogP contribution in [0.3, 0.4) is 0 Å². The third kappa shape index (κ3) is 2.33. The van der Waals surface area contributed by atoms with Crippen molar-refractivity contribution in [3.63, 3.8) is 0 Å². The first-order chi connectivity index (χ1) is 5.61. The Kier molecular flexibility index (Phi) is 3.31. The molecular formula is C7H5ClO2S2. The van der Waals surface area contributed by atoms with Crippen LogP contribution in [-0.4, -0.2) is 9.32 Å². The Labute approximate surface area is 82.3 Å². The monoisotopic (exact) mass is 220 g/mol. The molecule has 0 heterocycles. The van der Waals surface area contributed by atoms with E-state index in [0.29, 0.717) is 10.5 Å². The second-order valence-corrected chi connectivity index (χ2v) is 4.22. The molecule has 5 heteroatoms. The number of hydrogen-bond donors (Lipinski definition) is 1. The van der Waals surface area contributed by atoms with Gasteiger partial charge in [-0.1, -0.05) is 12.1 Å². The lowest BCUT2D eigenvalue weighted by molar-refractivity contribution is 0.109. The summed E-state index contributed by atoms with van der Waals surface area (Å²) >= 11 is 3.62. The summed E-state index contributed by atoms with van der Waals surface area (Å²) in [6.07, 6.45) is 0. The largest absolute Gasteiger partial charge is 0.282 e. The lowest BCUT2D eigenvalue weighted by atomic mass is 10.2. The minimum Gasteiger partial charge on any atom is -0.282 e. The summed E-state index contributed by atoms with van der Waals surface area (Å²) in [5, 5.41) is -0.362. The van der Waals surface area contributed by atoms with Crippen molar-refractivity contribution in [2.45, 2.75) is 4.90 Å². The third-order valence-electron chi connectivity index (χ3n) is 1.27. The maximum atomic E-state index is 10.8. The minimum absolute atomic E-state index is 0.362. The van der Waals surface area contributed by atoms with Crippen LogP contribution in [0.15, 0.2) is 29.2 Å². The Hall–Kier alpha value is -0.320. The molecule has 0 N–H and O–H groups in total. The Morgan fingerprint density at radius 1 is 1.50 bits per heavy atom. The first kappa shape index (κ1) is 9.77. The molecule has 0 aliphatic rings. The van der Waals surface area contributed by atoms with Crippen molar-refractivity contribution in [3.8, 4) is 0 Å². The van der Waals surface area contributed by atoms with Gasteiger partial charge in [-0.3, -0.25) is 4.79 Å². The van der Waals surface area contributed by atoms with Crippen molar-refractivity contribution in [2.75, 3.05) is 0 Å². The predicted octanol–water partition coefficient (Wildman–Crippen LogP) is 2.02. The normalized spacial score (nSPS) is 12.5. The van der Waals surface area contributed by atoms with Gasteiger partial charge in [0.05, 0.1) is 4.90 Å². The average molecular weight is 221 g/mol. The van der Waals surface area contributed by atoms with Gasteiger partial charge >= 0.3 is 0 Å². The van der Waals surface area contributed by atoms with Gasteiger partial charge in [0.2, 0.25) is 5.12 Å². The van der Waals surface area contributed by atoms with Crippen LogP contribution < -0.4 is 0 Å². The molecule has 0 fully saturated rings. The van der Waals surface area contributed by atoms with Crippen molar-refractivity contribution < 1.29 is 9.00 Å². The fraction of sp³-hybridized carbons (Fsp3) is 0. The second kappa shape index (κ2) is 4.07. The minimum atomic E-state index is -1.57. The summed E-state index contributed by atoms with van der Waals surface area (Å²) in [4.78, 5) is 11.2. The van der Waals surface area contributed by atoms with E-state index in [1.807, 2.05) is 0 Å². The van der Waals surface area contributed by atoms with Crippen molar-refractivity contribution in [3.05, 3.63) is 29.8 Å². The molecule has 64 valence electrons. The fourth-order valence-corrected chi connectivity index (χ4v) is 1.56. The molecule has 0 spiro atoms. The van der Waals surface area contributed by atoms with Crippen molar-refractivity contribution >= 4 is 38.4 Å². The molecule has 1 aromatic rings. The summed E-state index contributed by atoms with van der Waals surface area (Å²) in [5.74, 6) is 0. The van der Waals surface area contributed by atoms with E-state index in [4.69, 9.17) is 10.7 Å². The highest BCUT2D eigenvalue weighted by atomic mass is 35.7. The smallest absolute Gasteiger partial charge is 0.216 e. The molecule has 12 heavy (non-hydrogen) atoms. The fourth-order valence-electron chi connectivity index (χ4n) is 0.729.